The molecule has 2 N–H and O–H groups in total. The summed E-state index contributed by atoms with van der Waals surface area (Å²) in [6.45, 7) is 6.58. The van der Waals surface area contributed by atoms with Gasteiger partial charge in [-0.3, -0.25) is 9.59 Å². The second-order valence-electron chi connectivity index (χ2n) is 8.01. The van der Waals surface area contributed by atoms with Gasteiger partial charge in [0, 0.05) is 37.0 Å². The lowest BCUT2D eigenvalue weighted by molar-refractivity contribution is -0.114. The van der Waals surface area contributed by atoms with E-state index in [0.29, 0.717) is 41.9 Å². The van der Waals surface area contributed by atoms with Crippen molar-refractivity contribution in [2.24, 2.45) is 11.8 Å². The van der Waals surface area contributed by atoms with Gasteiger partial charge in [-0.25, -0.2) is 8.42 Å². The SMILES string of the molecule is CC(=O)Nc1ccc(NC(=O)c2ccc(S(=O)(=O)N3CC(C)CC(C)C3)cc2)cc1. The van der Waals surface area contributed by atoms with E-state index in [2.05, 4.69) is 24.5 Å². The van der Waals surface area contributed by atoms with Gasteiger partial charge < -0.3 is 10.6 Å². The Hall–Kier alpha value is -2.71. The van der Waals surface area contributed by atoms with Gasteiger partial charge in [0.05, 0.1) is 4.90 Å². The van der Waals surface area contributed by atoms with Gasteiger partial charge >= 0.3 is 0 Å². The zero-order chi connectivity index (χ0) is 21.9. The largest absolute Gasteiger partial charge is 0.326 e. The predicted molar refractivity (Wildman–Crippen MR) is 117 cm³/mol. The maximum absolute atomic E-state index is 13.0. The quantitative estimate of drug-likeness (QED) is 0.760. The summed E-state index contributed by atoms with van der Waals surface area (Å²) in [6, 6.07) is 12.7. The molecule has 7 nitrogen and oxygen atoms in total. The minimum absolute atomic E-state index is 0.171. The van der Waals surface area contributed by atoms with Gasteiger partial charge in [-0.1, -0.05) is 13.8 Å². The third kappa shape index (κ3) is 5.25. The average molecular weight is 430 g/mol. The number of hydrogen-bond acceptors (Lipinski definition) is 4. The van der Waals surface area contributed by atoms with Crippen molar-refractivity contribution in [1.82, 2.24) is 4.31 Å². The number of carbonyl (C=O) groups is 2. The Balaban J connectivity index is 1.68. The van der Waals surface area contributed by atoms with Crippen molar-refractivity contribution < 1.29 is 18.0 Å². The van der Waals surface area contributed by atoms with Crippen molar-refractivity contribution in [3.8, 4) is 0 Å². The molecule has 0 bridgehead atoms. The van der Waals surface area contributed by atoms with Crippen LogP contribution in [0.1, 0.15) is 37.6 Å². The monoisotopic (exact) mass is 429 g/mol. The highest BCUT2D eigenvalue weighted by Gasteiger charge is 2.31. The lowest BCUT2D eigenvalue weighted by Gasteiger charge is -2.34. The predicted octanol–water partition coefficient (Wildman–Crippen LogP) is 3.56. The van der Waals surface area contributed by atoms with Crippen LogP contribution in [0.4, 0.5) is 11.4 Å². The zero-order valence-electron chi connectivity index (χ0n) is 17.4. The van der Waals surface area contributed by atoms with Crippen molar-refractivity contribution in [3.05, 3.63) is 54.1 Å². The molecule has 0 aromatic heterocycles. The van der Waals surface area contributed by atoms with E-state index in [0.717, 1.165) is 6.42 Å². The van der Waals surface area contributed by atoms with E-state index in [1.807, 2.05) is 0 Å². The van der Waals surface area contributed by atoms with Crippen LogP contribution in [0.2, 0.25) is 0 Å². The van der Waals surface area contributed by atoms with Crippen molar-refractivity contribution in [2.75, 3.05) is 23.7 Å². The Morgan fingerprint density at radius 1 is 0.867 bits per heavy atom. The van der Waals surface area contributed by atoms with Crippen molar-refractivity contribution in [1.29, 1.82) is 0 Å². The van der Waals surface area contributed by atoms with Crippen LogP contribution in [0, 0.1) is 11.8 Å². The molecule has 3 rings (SSSR count). The fraction of sp³-hybridized carbons (Fsp3) is 0.364. The molecule has 2 aromatic rings. The van der Waals surface area contributed by atoms with Crippen LogP contribution in [0.5, 0.6) is 0 Å². The molecule has 1 heterocycles. The average Bonchev–Trinajstić information content (AvgIpc) is 2.68. The molecule has 8 heteroatoms. The number of amides is 2. The highest BCUT2D eigenvalue weighted by molar-refractivity contribution is 7.89. The van der Waals surface area contributed by atoms with Crippen LogP contribution in [-0.2, 0) is 14.8 Å². The van der Waals surface area contributed by atoms with Gasteiger partial charge in [-0.2, -0.15) is 4.31 Å². The second-order valence-corrected chi connectivity index (χ2v) is 9.94. The Morgan fingerprint density at radius 2 is 1.37 bits per heavy atom. The number of hydrogen-bond donors (Lipinski definition) is 2. The Morgan fingerprint density at radius 3 is 1.87 bits per heavy atom. The fourth-order valence-corrected chi connectivity index (χ4v) is 5.45. The van der Waals surface area contributed by atoms with E-state index in [1.165, 1.54) is 35.5 Å². The topological polar surface area (TPSA) is 95.6 Å². The number of benzene rings is 2. The summed E-state index contributed by atoms with van der Waals surface area (Å²) >= 11 is 0. The smallest absolute Gasteiger partial charge is 0.255 e. The Kier molecular flexibility index (Phi) is 6.58. The lowest BCUT2D eigenvalue weighted by atomic mass is 9.94. The van der Waals surface area contributed by atoms with E-state index < -0.39 is 10.0 Å². The van der Waals surface area contributed by atoms with Crippen molar-refractivity contribution >= 4 is 33.2 Å². The molecule has 0 aliphatic carbocycles. The van der Waals surface area contributed by atoms with E-state index in [9.17, 15) is 18.0 Å². The van der Waals surface area contributed by atoms with E-state index in [-0.39, 0.29) is 16.7 Å². The molecule has 2 atom stereocenters. The molecule has 2 amide bonds. The van der Waals surface area contributed by atoms with E-state index >= 15 is 0 Å². The van der Waals surface area contributed by atoms with Crippen LogP contribution in [0.3, 0.4) is 0 Å². The maximum Gasteiger partial charge on any atom is 0.255 e. The van der Waals surface area contributed by atoms with Crippen LogP contribution in [0.15, 0.2) is 53.4 Å². The van der Waals surface area contributed by atoms with Gasteiger partial charge in [-0.15, -0.1) is 0 Å². The molecule has 1 aliphatic heterocycles. The molecule has 1 fully saturated rings. The molecular formula is C22H27N3O4S. The Labute approximate surface area is 177 Å². The molecule has 1 saturated heterocycles. The number of nitrogens with zero attached hydrogens (tertiary/aromatic N) is 1. The third-order valence-electron chi connectivity index (χ3n) is 5.05. The summed E-state index contributed by atoms with van der Waals surface area (Å²) in [5, 5.41) is 5.42. The molecule has 0 saturated carbocycles. The normalized spacial score (nSPS) is 19.8. The van der Waals surface area contributed by atoms with Crippen molar-refractivity contribution in [3.63, 3.8) is 0 Å². The molecule has 0 radical (unpaired) electrons. The number of piperidine rings is 1. The summed E-state index contributed by atoms with van der Waals surface area (Å²) in [5.74, 6) is 0.137. The molecule has 0 spiro atoms. The first-order chi connectivity index (χ1) is 14.1. The van der Waals surface area contributed by atoms with Gasteiger partial charge in [0.25, 0.3) is 5.91 Å². The maximum atomic E-state index is 13.0. The Bertz CT molecular complexity index is 1010. The van der Waals surface area contributed by atoms with Crippen molar-refractivity contribution in [2.45, 2.75) is 32.1 Å². The van der Waals surface area contributed by atoms with Gasteiger partial charge in [0.2, 0.25) is 15.9 Å². The first kappa shape index (κ1) is 22.0. The molecule has 160 valence electrons. The van der Waals surface area contributed by atoms with Crippen LogP contribution in [-0.4, -0.2) is 37.6 Å². The number of nitrogens with one attached hydrogen (secondary N) is 2. The standard InChI is InChI=1S/C22H27N3O4S/c1-15-12-16(2)14-25(13-15)30(28,29)21-10-4-18(5-11-21)22(27)24-20-8-6-19(7-9-20)23-17(3)26/h4-11,15-16H,12-14H2,1-3H3,(H,23,26)(H,24,27). The van der Waals surface area contributed by atoms with Crippen LogP contribution >= 0.6 is 0 Å². The van der Waals surface area contributed by atoms with Gasteiger partial charge in [0.1, 0.15) is 0 Å². The molecule has 2 aromatic carbocycles. The number of sulfonamides is 1. The lowest BCUT2D eigenvalue weighted by Crippen LogP contribution is -2.42. The third-order valence-corrected chi connectivity index (χ3v) is 6.90. The minimum Gasteiger partial charge on any atom is -0.326 e. The molecule has 1 aliphatic rings. The highest BCUT2D eigenvalue weighted by atomic mass is 32.2. The summed E-state index contributed by atoms with van der Waals surface area (Å²) in [5.41, 5.74) is 1.57. The number of rotatable bonds is 5. The van der Waals surface area contributed by atoms with E-state index in [4.69, 9.17) is 0 Å². The van der Waals surface area contributed by atoms with Crippen LogP contribution < -0.4 is 10.6 Å². The van der Waals surface area contributed by atoms with Crippen LogP contribution in [0.25, 0.3) is 0 Å². The zero-order valence-corrected chi connectivity index (χ0v) is 18.2. The summed E-state index contributed by atoms with van der Waals surface area (Å²) in [7, 11) is -3.58. The number of anilines is 2. The van der Waals surface area contributed by atoms with Gasteiger partial charge in [0.15, 0.2) is 0 Å². The summed E-state index contributed by atoms with van der Waals surface area (Å²) < 4.78 is 27.4. The summed E-state index contributed by atoms with van der Waals surface area (Å²) in [4.78, 5) is 23.7. The number of carbonyl (C=O) groups excluding carboxylic acids is 2. The first-order valence-corrected chi connectivity index (χ1v) is 11.4. The van der Waals surface area contributed by atoms with Gasteiger partial charge in [-0.05, 0) is 66.8 Å². The van der Waals surface area contributed by atoms with E-state index in [1.54, 1.807) is 24.3 Å². The minimum atomic E-state index is -3.58. The fourth-order valence-electron chi connectivity index (χ4n) is 3.77. The molecule has 30 heavy (non-hydrogen) atoms. The highest BCUT2D eigenvalue weighted by Crippen LogP contribution is 2.27. The second kappa shape index (κ2) is 8.97. The molecule has 2 unspecified atom stereocenters. The first-order valence-electron chi connectivity index (χ1n) is 9.94. The summed E-state index contributed by atoms with van der Waals surface area (Å²) in [6.07, 6.45) is 1.02. The molecular weight excluding hydrogens is 402 g/mol.